The first kappa shape index (κ1) is 17.8. The van der Waals surface area contributed by atoms with Crippen LogP contribution in [0.2, 0.25) is 0 Å². The third kappa shape index (κ3) is 4.07. The summed E-state index contributed by atoms with van der Waals surface area (Å²) in [5, 5.41) is 6.71. The Labute approximate surface area is 142 Å². The fourth-order valence-corrected chi connectivity index (χ4v) is 2.12. The first-order valence-corrected chi connectivity index (χ1v) is 7.84. The highest BCUT2D eigenvalue weighted by atomic mass is 16.5. The normalized spacial score (nSPS) is 11.5. The summed E-state index contributed by atoms with van der Waals surface area (Å²) in [7, 11) is 1.51. The lowest BCUT2D eigenvalue weighted by atomic mass is 9.92. The van der Waals surface area contributed by atoms with Crippen molar-refractivity contribution < 1.29 is 18.8 Å². The molecular weight excluding hydrogens is 308 g/mol. The molecule has 0 radical (unpaired) electrons. The van der Waals surface area contributed by atoms with E-state index in [1.165, 1.54) is 7.11 Å². The Hall–Kier alpha value is -2.50. The number of aromatic nitrogens is 1. The minimum atomic E-state index is -0.375. The summed E-state index contributed by atoms with van der Waals surface area (Å²) in [6.45, 7) is 9.85. The molecular formula is C18H24N2O4. The van der Waals surface area contributed by atoms with Crippen molar-refractivity contribution in [3.63, 3.8) is 0 Å². The topological polar surface area (TPSA) is 73.6 Å². The van der Waals surface area contributed by atoms with Gasteiger partial charge in [-0.2, -0.15) is 0 Å². The number of amides is 1. The quantitative estimate of drug-likeness (QED) is 0.895. The van der Waals surface area contributed by atoms with Crippen LogP contribution in [0.15, 0.2) is 28.8 Å². The van der Waals surface area contributed by atoms with E-state index in [0.29, 0.717) is 17.1 Å². The largest absolute Gasteiger partial charge is 0.496 e. The molecule has 2 rings (SSSR count). The highest BCUT2D eigenvalue weighted by Gasteiger charge is 2.23. The van der Waals surface area contributed by atoms with Gasteiger partial charge in [-0.25, -0.2) is 0 Å². The number of benzene rings is 1. The molecule has 2 aromatic rings. The molecule has 1 aromatic carbocycles. The lowest BCUT2D eigenvalue weighted by molar-refractivity contribution is 0.101. The predicted octanol–water partition coefficient (Wildman–Crippen LogP) is 4.02. The van der Waals surface area contributed by atoms with Crippen LogP contribution in [0.25, 0.3) is 0 Å². The van der Waals surface area contributed by atoms with E-state index in [1.54, 1.807) is 24.3 Å². The van der Waals surface area contributed by atoms with Crippen LogP contribution in [0.1, 0.15) is 50.7 Å². The number of hydrogen-bond acceptors (Lipinski definition) is 5. The molecule has 0 saturated heterocycles. The monoisotopic (exact) mass is 332 g/mol. The zero-order valence-electron chi connectivity index (χ0n) is 15.0. The molecule has 1 amide bonds. The molecule has 1 aromatic heterocycles. The van der Waals surface area contributed by atoms with Gasteiger partial charge in [0.2, 0.25) is 5.88 Å². The van der Waals surface area contributed by atoms with Crippen LogP contribution in [0, 0.1) is 0 Å². The molecule has 0 aliphatic heterocycles. The second-order valence-electron chi connectivity index (χ2n) is 6.78. The Morgan fingerprint density at radius 2 is 1.92 bits per heavy atom. The molecule has 0 aliphatic carbocycles. The van der Waals surface area contributed by atoms with E-state index in [0.717, 1.165) is 5.69 Å². The number of nitrogens with one attached hydrogen (secondary N) is 1. The molecule has 0 bridgehead atoms. The van der Waals surface area contributed by atoms with Crippen molar-refractivity contribution in [2.75, 3.05) is 12.4 Å². The summed E-state index contributed by atoms with van der Waals surface area (Å²) in [6.07, 6.45) is -0.0681. The standard InChI is InChI=1S/C18H24N2O4/c1-11(2)23-13-9-7-8-12(22-6)16(13)17(21)19-15-10-14(20-24-15)18(3,4)5/h7-11H,1-6H3,(H,19,21). The van der Waals surface area contributed by atoms with Crippen molar-refractivity contribution in [1.82, 2.24) is 5.16 Å². The Balaban J connectivity index is 2.30. The number of hydrogen-bond donors (Lipinski definition) is 1. The van der Waals surface area contributed by atoms with Gasteiger partial charge < -0.3 is 14.0 Å². The van der Waals surface area contributed by atoms with Crippen LogP contribution < -0.4 is 14.8 Å². The molecule has 0 saturated carbocycles. The maximum absolute atomic E-state index is 12.7. The van der Waals surface area contributed by atoms with E-state index >= 15 is 0 Å². The predicted molar refractivity (Wildman–Crippen MR) is 91.9 cm³/mol. The van der Waals surface area contributed by atoms with E-state index in [4.69, 9.17) is 14.0 Å². The van der Waals surface area contributed by atoms with Crippen molar-refractivity contribution >= 4 is 11.8 Å². The molecule has 0 fully saturated rings. The average Bonchev–Trinajstić information content (AvgIpc) is 2.94. The van der Waals surface area contributed by atoms with Crippen LogP contribution in [0.5, 0.6) is 11.5 Å². The number of carbonyl (C=O) groups excluding carboxylic acids is 1. The Morgan fingerprint density at radius 3 is 2.46 bits per heavy atom. The maximum Gasteiger partial charge on any atom is 0.265 e. The summed E-state index contributed by atoms with van der Waals surface area (Å²) in [6, 6.07) is 6.94. The van der Waals surface area contributed by atoms with Crippen molar-refractivity contribution in [3.05, 3.63) is 35.5 Å². The number of carbonyl (C=O) groups is 1. The fourth-order valence-electron chi connectivity index (χ4n) is 2.12. The van der Waals surface area contributed by atoms with Crippen LogP contribution >= 0.6 is 0 Å². The van der Waals surface area contributed by atoms with Crippen LogP contribution in [-0.2, 0) is 5.41 Å². The molecule has 6 nitrogen and oxygen atoms in total. The van der Waals surface area contributed by atoms with Gasteiger partial charge in [0.15, 0.2) is 0 Å². The lowest BCUT2D eigenvalue weighted by Crippen LogP contribution is -2.16. The molecule has 0 aliphatic rings. The van der Waals surface area contributed by atoms with Crippen molar-refractivity contribution in [1.29, 1.82) is 0 Å². The number of rotatable bonds is 5. The number of methoxy groups -OCH3 is 1. The van der Waals surface area contributed by atoms with Crippen molar-refractivity contribution in [3.8, 4) is 11.5 Å². The van der Waals surface area contributed by atoms with Gasteiger partial charge in [-0.05, 0) is 26.0 Å². The summed E-state index contributed by atoms with van der Waals surface area (Å²) in [4.78, 5) is 12.7. The fraction of sp³-hybridized carbons (Fsp3) is 0.444. The number of ether oxygens (including phenoxy) is 2. The highest BCUT2D eigenvalue weighted by molar-refractivity contribution is 6.07. The maximum atomic E-state index is 12.7. The van der Waals surface area contributed by atoms with E-state index in [1.807, 2.05) is 34.6 Å². The van der Waals surface area contributed by atoms with Gasteiger partial charge >= 0.3 is 0 Å². The number of anilines is 1. The van der Waals surface area contributed by atoms with Gasteiger partial charge in [0.05, 0.1) is 18.9 Å². The number of nitrogens with zero attached hydrogens (tertiary/aromatic N) is 1. The molecule has 130 valence electrons. The molecule has 0 unspecified atom stereocenters. The molecule has 1 heterocycles. The Morgan fingerprint density at radius 1 is 1.25 bits per heavy atom. The summed E-state index contributed by atoms with van der Waals surface area (Å²) in [5.74, 6) is 0.796. The van der Waals surface area contributed by atoms with Gasteiger partial charge in [-0.3, -0.25) is 10.1 Å². The van der Waals surface area contributed by atoms with Crippen LogP contribution in [0.4, 0.5) is 5.88 Å². The summed E-state index contributed by atoms with van der Waals surface area (Å²) in [5.41, 5.74) is 0.918. The zero-order valence-corrected chi connectivity index (χ0v) is 15.0. The second kappa shape index (κ2) is 6.95. The molecule has 24 heavy (non-hydrogen) atoms. The molecule has 0 atom stereocenters. The second-order valence-corrected chi connectivity index (χ2v) is 6.78. The summed E-state index contributed by atoms with van der Waals surface area (Å²) < 4.78 is 16.2. The van der Waals surface area contributed by atoms with Gasteiger partial charge in [-0.1, -0.05) is 32.0 Å². The molecule has 0 spiro atoms. The van der Waals surface area contributed by atoms with Gasteiger partial charge in [0, 0.05) is 11.5 Å². The lowest BCUT2D eigenvalue weighted by Gasteiger charge is -2.16. The van der Waals surface area contributed by atoms with E-state index < -0.39 is 0 Å². The van der Waals surface area contributed by atoms with E-state index in [-0.39, 0.29) is 23.3 Å². The van der Waals surface area contributed by atoms with Crippen molar-refractivity contribution in [2.24, 2.45) is 0 Å². The minimum Gasteiger partial charge on any atom is -0.496 e. The zero-order chi connectivity index (χ0) is 17.9. The van der Waals surface area contributed by atoms with Crippen LogP contribution in [-0.4, -0.2) is 24.3 Å². The first-order valence-electron chi connectivity index (χ1n) is 7.84. The minimum absolute atomic E-state index is 0.0681. The highest BCUT2D eigenvalue weighted by Crippen LogP contribution is 2.31. The van der Waals surface area contributed by atoms with Gasteiger partial charge in [-0.15, -0.1) is 0 Å². The van der Waals surface area contributed by atoms with E-state index in [2.05, 4.69) is 10.5 Å². The summed E-state index contributed by atoms with van der Waals surface area (Å²) >= 11 is 0. The Kier molecular flexibility index (Phi) is 5.17. The van der Waals surface area contributed by atoms with Gasteiger partial charge in [0.1, 0.15) is 17.1 Å². The van der Waals surface area contributed by atoms with E-state index in [9.17, 15) is 4.79 Å². The molecule has 6 heteroatoms. The smallest absolute Gasteiger partial charge is 0.265 e. The van der Waals surface area contributed by atoms with Crippen LogP contribution in [0.3, 0.4) is 0 Å². The van der Waals surface area contributed by atoms with Gasteiger partial charge in [0.25, 0.3) is 5.91 Å². The Bertz CT molecular complexity index is 714. The molecule has 1 N–H and O–H groups in total. The van der Waals surface area contributed by atoms with Crippen molar-refractivity contribution in [2.45, 2.75) is 46.1 Å². The first-order chi connectivity index (χ1) is 11.2. The average molecular weight is 332 g/mol. The SMILES string of the molecule is COc1cccc(OC(C)C)c1C(=O)Nc1cc(C(C)(C)C)no1. The third-order valence-electron chi connectivity index (χ3n) is 3.31. The third-order valence-corrected chi connectivity index (χ3v) is 3.31.